The molecule has 0 bridgehead atoms. The number of aromatic carboxylic acids is 1. The first-order valence-corrected chi connectivity index (χ1v) is 5.57. The highest BCUT2D eigenvalue weighted by molar-refractivity contribution is 5.91. The van der Waals surface area contributed by atoms with Crippen molar-refractivity contribution in [3.63, 3.8) is 0 Å². The van der Waals surface area contributed by atoms with Crippen molar-refractivity contribution in [3.8, 4) is 0 Å². The molecule has 0 aliphatic carbocycles. The Morgan fingerprint density at radius 1 is 1.21 bits per heavy atom. The topological polar surface area (TPSA) is 54.4 Å². The maximum Gasteiger partial charge on any atom is 0.449 e. The second kappa shape index (κ2) is 5.42. The number of carboxylic acid groups (broad SMARTS) is 1. The Balaban J connectivity index is 2.95. The Bertz CT molecular complexity index is 519. The van der Waals surface area contributed by atoms with Crippen LogP contribution in [-0.4, -0.2) is 23.0 Å². The van der Waals surface area contributed by atoms with E-state index in [0.717, 1.165) is 0 Å². The number of carboxylic acids is 1. The zero-order valence-corrected chi connectivity index (χ0v) is 10.5. The maximum atomic E-state index is 12.1. The molecule has 19 heavy (non-hydrogen) atoms. The van der Waals surface area contributed by atoms with Gasteiger partial charge in [0.25, 0.3) is 0 Å². The van der Waals surface area contributed by atoms with Gasteiger partial charge in [0.05, 0.1) is 5.56 Å². The average Bonchev–Trinajstić information content (AvgIpc) is 2.25. The number of halogens is 3. The van der Waals surface area contributed by atoms with Crippen molar-refractivity contribution in [2.75, 3.05) is 0 Å². The predicted octanol–water partition coefficient (Wildman–Crippen LogP) is 3.07. The number of Topliss-reactive ketones (excluding diaryl/α,β-unsaturated/α-hetero) is 1. The highest BCUT2D eigenvalue weighted by atomic mass is 19.4. The lowest BCUT2D eigenvalue weighted by Gasteiger charge is -2.11. The summed E-state index contributed by atoms with van der Waals surface area (Å²) in [6, 6.07) is 3.09. The Morgan fingerprint density at radius 3 is 2.26 bits per heavy atom. The normalized spacial score (nSPS) is 11.4. The zero-order valence-electron chi connectivity index (χ0n) is 10.5. The largest absolute Gasteiger partial charge is 0.478 e. The van der Waals surface area contributed by atoms with E-state index < -0.39 is 24.3 Å². The van der Waals surface area contributed by atoms with Gasteiger partial charge in [0.1, 0.15) is 0 Å². The second-order valence-electron chi connectivity index (χ2n) is 4.27. The molecule has 0 amide bonds. The Kier molecular flexibility index (Phi) is 4.34. The van der Waals surface area contributed by atoms with E-state index in [-0.39, 0.29) is 12.0 Å². The van der Waals surface area contributed by atoms with Gasteiger partial charge in [-0.3, -0.25) is 4.79 Å². The molecule has 0 fully saturated rings. The number of benzene rings is 1. The van der Waals surface area contributed by atoms with Gasteiger partial charge in [0.15, 0.2) is 0 Å². The van der Waals surface area contributed by atoms with E-state index >= 15 is 0 Å². The van der Waals surface area contributed by atoms with Gasteiger partial charge in [-0.05, 0) is 37.0 Å². The van der Waals surface area contributed by atoms with E-state index in [2.05, 4.69) is 0 Å². The van der Waals surface area contributed by atoms with Crippen molar-refractivity contribution in [1.82, 2.24) is 0 Å². The van der Waals surface area contributed by atoms with Gasteiger partial charge in [0.2, 0.25) is 5.78 Å². The predicted molar refractivity (Wildman–Crippen MR) is 62.3 cm³/mol. The van der Waals surface area contributed by atoms with Gasteiger partial charge in [-0.15, -0.1) is 0 Å². The molecule has 0 aliphatic rings. The summed E-state index contributed by atoms with van der Waals surface area (Å²) < 4.78 is 36.2. The number of hydrogen-bond acceptors (Lipinski definition) is 2. The van der Waals surface area contributed by atoms with E-state index in [0.29, 0.717) is 16.7 Å². The fraction of sp³-hybridized carbons (Fsp3) is 0.385. The number of carbonyl (C=O) groups excluding carboxylic acids is 1. The Hall–Kier alpha value is -1.85. The molecule has 1 aromatic carbocycles. The first kappa shape index (κ1) is 15.2. The van der Waals surface area contributed by atoms with Gasteiger partial charge >= 0.3 is 12.1 Å². The Labute approximate surface area is 108 Å². The van der Waals surface area contributed by atoms with Crippen LogP contribution in [0.3, 0.4) is 0 Å². The fourth-order valence-electron chi connectivity index (χ4n) is 1.88. The molecule has 104 valence electrons. The zero-order chi connectivity index (χ0) is 14.8. The van der Waals surface area contributed by atoms with Crippen molar-refractivity contribution in [1.29, 1.82) is 0 Å². The quantitative estimate of drug-likeness (QED) is 0.918. The van der Waals surface area contributed by atoms with Gasteiger partial charge < -0.3 is 5.11 Å². The molecular formula is C13H13F3O3. The lowest BCUT2D eigenvalue weighted by Crippen LogP contribution is -2.23. The van der Waals surface area contributed by atoms with Crippen LogP contribution in [-0.2, 0) is 11.2 Å². The summed E-state index contributed by atoms with van der Waals surface area (Å²) in [4.78, 5) is 21.8. The molecule has 1 N–H and O–H groups in total. The minimum atomic E-state index is -4.84. The summed E-state index contributed by atoms with van der Waals surface area (Å²) in [6.07, 6.45) is -5.63. The molecule has 0 aliphatic heterocycles. The molecule has 0 aromatic heterocycles. The summed E-state index contributed by atoms with van der Waals surface area (Å²) in [5.74, 6) is -2.93. The standard InChI is InChI=1S/C13H13F3O3/c1-7-3-4-9(8(2)11(7)12(18)19)5-6-10(17)13(14,15)16/h3-4H,5-6H2,1-2H3,(H,18,19). The number of hydrogen-bond donors (Lipinski definition) is 1. The van der Waals surface area contributed by atoms with Crippen LogP contribution >= 0.6 is 0 Å². The van der Waals surface area contributed by atoms with Gasteiger partial charge in [-0.1, -0.05) is 12.1 Å². The third-order valence-electron chi connectivity index (χ3n) is 2.94. The van der Waals surface area contributed by atoms with Crippen molar-refractivity contribution in [3.05, 3.63) is 34.4 Å². The van der Waals surface area contributed by atoms with E-state index in [4.69, 9.17) is 5.11 Å². The van der Waals surface area contributed by atoms with Gasteiger partial charge in [-0.25, -0.2) is 4.79 Å². The fourth-order valence-corrected chi connectivity index (χ4v) is 1.88. The van der Waals surface area contributed by atoms with Crippen molar-refractivity contribution >= 4 is 11.8 Å². The first-order valence-electron chi connectivity index (χ1n) is 5.57. The third-order valence-corrected chi connectivity index (χ3v) is 2.94. The molecule has 3 nitrogen and oxygen atoms in total. The van der Waals surface area contributed by atoms with Crippen LogP contribution in [0, 0.1) is 13.8 Å². The number of carbonyl (C=O) groups is 2. The van der Waals surface area contributed by atoms with Crippen LogP contribution in [0.2, 0.25) is 0 Å². The SMILES string of the molecule is Cc1ccc(CCC(=O)C(F)(F)F)c(C)c1C(=O)O. The number of aryl methyl sites for hydroxylation is 2. The van der Waals surface area contributed by atoms with E-state index in [1.807, 2.05) is 0 Å². The van der Waals surface area contributed by atoms with Gasteiger partial charge in [0, 0.05) is 6.42 Å². The summed E-state index contributed by atoms with van der Waals surface area (Å²) in [6.45, 7) is 3.14. The first-order chi connectivity index (χ1) is 8.64. The molecule has 0 saturated carbocycles. The van der Waals surface area contributed by atoms with Crippen molar-refractivity contribution in [2.45, 2.75) is 32.9 Å². The average molecular weight is 274 g/mol. The monoisotopic (exact) mass is 274 g/mol. The highest BCUT2D eigenvalue weighted by Crippen LogP contribution is 2.23. The number of alkyl halides is 3. The molecule has 0 spiro atoms. The highest BCUT2D eigenvalue weighted by Gasteiger charge is 2.37. The molecule has 0 heterocycles. The summed E-state index contributed by atoms with van der Waals surface area (Å²) in [7, 11) is 0. The number of rotatable bonds is 4. The lowest BCUT2D eigenvalue weighted by molar-refractivity contribution is -0.171. The van der Waals surface area contributed by atoms with Crippen LogP contribution in [0.5, 0.6) is 0 Å². The minimum Gasteiger partial charge on any atom is -0.478 e. The smallest absolute Gasteiger partial charge is 0.449 e. The van der Waals surface area contributed by atoms with E-state index in [1.165, 1.54) is 13.0 Å². The summed E-state index contributed by atoms with van der Waals surface area (Å²) in [5.41, 5.74) is 1.47. The maximum absolute atomic E-state index is 12.1. The Morgan fingerprint density at radius 2 is 1.79 bits per heavy atom. The molecule has 0 radical (unpaired) electrons. The number of ketones is 1. The molecule has 0 atom stereocenters. The van der Waals surface area contributed by atoms with E-state index in [9.17, 15) is 22.8 Å². The van der Waals surface area contributed by atoms with E-state index in [1.54, 1.807) is 13.0 Å². The molecule has 0 saturated heterocycles. The van der Waals surface area contributed by atoms with Crippen LogP contribution < -0.4 is 0 Å². The minimum absolute atomic E-state index is 0.0805. The summed E-state index contributed by atoms with van der Waals surface area (Å²) in [5, 5.41) is 9.03. The molecule has 1 aromatic rings. The molecular weight excluding hydrogens is 261 g/mol. The third kappa shape index (κ3) is 3.56. The molecule has 1 rings (SSSR count). The molecule has 6 heteroatoms. The second-order valence-corrected chi connectivity index (χ2v) is 4.27. The van der Waals surface area contributed by atoms with Crippen LogP contribution in [0.1, 0.15) is 33.5 Å². The molecule has 0 unspecified atom stereocenters. The van der Waals surface area contributed by atoms with Gasteiger partial charge in [-0.2, -0.15) is 13.2 Å². The lowest BCUT2D eigenvalue weighted by atomic mass is 9.94. The van der Waals surface area contributed by atoms with Crippen LogP contribution in [0.25, 0.3) is 0 Å². The summed E-state index contributed by atoms with van der Waals surface area (Å²) >= 11 is 0. The van der Waals surface area contributed by atoms with Crippen molar-refractivity contribution < 1.29 is 27.9 Å². The van der Waals surface area contributed by atoms with Crippen LogP contribution in [0.4, 0.5) is 13.2 Å². The van der Waals surface area contributed by atoms with Crippen molar-refractivity contribution in [2.24, 2.45) is 0 Å². The van der Waals surface area contributed by atoms with Crippen LogP contribution in [0.15, 0.2) is 12.1 Å².